The van der Waals surface area contributed by atoms with Crippen molar-refractivity contribution < 1.29 is 19.0 Å². The molecule has 0 saturated heterocycles. The zero-order valence-corrected chi connectivity index (χ0v) is 14.6. The molecular formula is C18H22N2O4. The standard InChI is InChI=1S/C18H22N2O4/c1-12(2)16-6-7-20(19-16)14-8-13(3)9-15(10-14)24-17(11-22-4)18(21)23-5/h6-12H,1-5H3/b17-11-. The highest BCUT2D eigenvalue weighted by Crippen LogP contribution is 2.23. The van der Waals surface area contributed by atoms with E-state index in [2.05, 4.69) is 23.7 Å². The van der Waals surface area contributed by atoms with Gasteiger partial charge in [0.25, 0.3) is 0 Å². The molecule has 0 saturated carbocycles. The van der Waals surface area contributed by atoms with Gasteiger partial charge in [-0.2, -0.15) is 5.10 Å². The summed E-state index contributed by atoms with van der Waals surface area (Å²) in [6, 6.07) is 7.60. The van der Waals surface area contributed by atoms with E-state index in [-0.39, 0.29) is 5.76 Å². The van der Waals surface area contributed by atoms with E-state index in [1.54, 1.807) is 10.7 Å². The maximum Gasteiger partial charge on any atom is 0.377 e. The minimum Gasteiger partial charge on any atom is -0.500 e. The average molecular weight is 330 g/mol. The van der Waals surface area contributed by atoms with Crippen molar-refractivity contribution in [1.29, 1.82) is 0 Å². The predicted octanol–water partition coefficient (Wildman–Crippen LogP) is 3.34. The second-order valence-electron chi connectivity index (χ2n) is 5.66. The third-order valence-corrected chi connectivity index (χ3v) is 3.34. The Labute approximate surface area is 141 Å². The number of methoxy groups -OCH3 is 2. The Balaban J connectivity index is 2.34. The maximum absolute atomic E-state index is 11.7. The number of hydrogen-bond donors (Lipinski definition) is 0. The van der Waals surface area contributed by atoms with Crippen molar-refractivity contribution in [3.63, 3.8) is 0 Å². The summed E-state index contributed by atoms with van der Waals surface area (Å²) in [6.07, 6.45) is 3.11. The van der Waals surface area contributed by atoms with Gasteiger partial charge < -0.3 is 14.2 Å². The zero-order valence-electron chi connectivity index (χ0n) is 14.6. The van der Waals surface area contributed by atoms with Crippen LogP contribution in [-0.2, 0) is 14.3 Å². The predicted molar refractivity (Wildman–Crippen MR) is 90.1 cm³/mol. The van der Waals surface area contributed by atoms with Crippen LogP contribution in [0.4, 0.5) is 0 Å². The molecule has 2 aromatic rings. The average Bonchev–Trinajstić information content (AvgIpc) is 3.03. The highest BCUT2D eigenvalue weighted by molar-refractivity contribution is 5.86. The van der Waals surface area contributed by atoms with Gasteiger partial charge in [0.15, 0.2) is 0 Å². The second kappa shape index (κ2) is 7.68. The molecule has 6 nitrogen and oxygen atoms in total. The molecule has 0 amide bonds. The molecule has 0 N–H and O–H groups in total. The second-order valence-corrected chi connectivity index (χ2v) is 5.66. The van der Waals surface area contributed by atoms with Crippen molar-refractivity contribution in [2.24, 2.45) is 0 Å². The van der Waals surface area contributed by atoms with Gasteiger partial charge in [-0.05, 0) is 36.6 Å². The molecule has 1 heterocycles. The fourth-order valence-corrected chi connectivity index (χ4v) is 2.16. The summed E-state index contributed by atoms with van der Waals surface area (Å²) in [5.74, 6) is 0.212. The van der Waals surface area contributed by atoms with Crippen molar-refractivity contribution >= 4 is 5.97 Å². The molecule has 0 atom stereocenters. The van der Waals surface area contributed by atoms with Crippen LogP contribution < -0.4 is 4.74 Å². The van der Waals surface area contributed by atoms with Crippen molar-refractivity contribution in [2.45, 2.75) is 26.7 Å². The number of carbonyl (C=O) groups is 1. The number of aromatic nitrogens is 2. The lowest BCUT2D eigenvalue weighted by Crippen LogP contribution is -2.11. The molecule has 0 aliphatic heterocycles. The van der Waals surface area contributed by atoms with E-state index in [1.807, 2.05) is 31.3 Å². The molecule has 128 valence electrons. The number of carbonyl (C=O) groups excluding carboxylic acids is 1. The summed E-state index contributed by atoms with van der Waals surface area (Å²) in [5.41, 5.74) is 2.83. The van der Waals surface area contributed by atoms with Crippen LogP contribution in [-0.4, -0.2) is 30.0 Å². The third-order valence-electron chi connectivity index (χ3n) is 3.34. The first-order valence-corrected chi connectivity index (χ1v) is 7.61. The van der Waals surface area contributed by atoms with Gasteiger partial charge in [-0.3, -0.25) is 0 Å². The van der Waals surface area contributed by atoms with Gasteiger partial charge in [0.1, 0.15) is 12.0 Å². The molecule has 24 heavy (non-hydrogen) atoms. The van der Waals surface area contributed by atoms with Gasteiger partial charge in [0, 0.05) is 12.3 Å². The molecule has 0 aliphatic carbocycles. The maximum atomic E-state index is 11.7. The van der Waals surface area contributed by atoms with Gasteiger partial charge in [-0.1, -0.05) is 13.8 Å². The highest BCUT2D eigenvalue weighted by Gasteiger charge is 2.14. The lowest BCUT2D eigenvalue weighted by atomic mass is 10.1. The van der Waals surface area contributed by atoms with Crippen molar-refractivity contribution in [1.82, 2.24) is 9.78 Å². The van der Waals surface area contributed by atoms with E-state index in [4.69, 9.17) is 9.47 Å². The van der Waals surface area contributed by atoms with Crippen molar-refractivity contribution in [3.05, 3.63) is 53.7 Å². The summed E-state index contributed by atoms with van der Waals surface area (Å²) < 4.78 is 17.0. The molecule has 0 aliphatic rings. The van der Waals surface area contributed by atoms with Crippen molar-refractivity contribution in [2.75, 3.05) is 14.2 Å². The number of rotatable bonds is 6. The van der Waals surface area contributed by atoms with Gasteiger partial charge in [-0.25, -0.2) is 9.48 Å². The van der Waals surface area contributed by atoms with E-state index in [1.165, 1.54) is 20.5 Å². The zero-order chi connectivity index (χ0) is 17.7. The van der Waals surface area contributed by atoms with Crippen LogP contribution in [0, 0.1) is 6.92 Å². The van der Waals surface area contributed by atoms with Crippen LogP contribution in [0.3, 0.4) is 0 Å². The Bertz CT molecular complexity index is 747. The number of benzene rings is 1. The van der Waals surface area contributed by atoms with Gasteiger partial charge in [0.2, 0.25) is 5.76 Å². The Morgan fingerprint density at radius 1 is 1.25 bits per heavy atom. The van der Waals surface area contributed by atoms with E-state index in [0.29, 0.717) is 11.7 Å². The van der Waals surface area contributed by atoms with Gasteiger partial charge >= 0.3 is 5.97 Å². The molecule has 2 rings (SSSR count). The molecule has 0 radical (unpaired) electrons. The van der Waals surface area contributed by atoms with E-state index < -0.39 is 5.97 Å². The lowest BCUT2D eigenvalue weighted by Gasteiger charge is -2.11. The van der Waals surface area contributed by atoms with E-state index >= 15 is 0 Å². The smallest absolute Gasteiger partial charge is 0.377 e. The fourth-order valence-electron chi connectivity index (χ4n) is 2.16. The molecule has 0 bridgehead atoms. The van der Waals surface area contributed by atoms with Crippen LogP contribution in [0.25, 0.3) is 5.69 Å². The van der Waals surface area contributed by atoms with E-state index in [9.17, 15) is 4.79 Å². The minimum atomic E-state index is -0.610. The molecule has 0 fully saturated rings. The van der Waals surface area contributed by atoms with Crippen LogP contribution in [0.5, 0.6) is 5.75 Å². The van der Waals surface area contributed by atoms with Gasteiger partial charge in [0.05, 0.1) is 25.6 Å². The molecule has 1 aromatic carbocycles. The highest BCUT2D eigenvalue weighted by atomic mass is 16.6. The monoisotopic (exact) mass is 330 g/mol. The Hall–Kier alpha value is -2.76. The molecular weight excluding hydrogens is 308 g/mol. The minimum absolute atomic E-state index is 0.0279. The number of hydrogen-bond acceptors (Lipinski definition) is 5. The van der Waals surface area contributed by atoms with Crippen molar-refractivity contribution in [3.8, 4) is 11.4 Å². The molecule has 6 heteroatoms. The Morgan fingerprint density at radius 3 is 2.58 bits per heavy atom. The van der Waals surface area contributed by atoms with Crippen LogP contribution in [0.15, 0.2) is 42.5 Å². The number of nitrogens with zero attached hydrogens (tertiary/aromatic N) is 2. The summed E-state index contributed by atoms with van der Waals surface area (Å²) in [7, 11) is 2.72. The van der Waals surface area contributed by atoms with Crippen LogP contribution in [0.2, 0.25) is 0 Å². The summed E-state index contributed by atoms with van der Waals surface area (Å²) in [4.78, 5) is 11.7. The quantitative estimate of drug-likeness (QED) is 0.462. The van der Waals surface area contributed by atoms with Gasteiger partial charge in [-0.15, -0.1) is 0 Å². The largest absolute Gasteiger partial charge is 0.500 e. The molecule has 1 aromatic heterocycles. The summed E-state index contributed by atoms with van der Waals surface area (Å²) in [5, 5.41) is 4.56. The summed E-state index contributed by atoms with van der Waals surface area (Å²) in [6.45, 7) is 6.13. The number of ether oxygens (including phenoxy) is 3. The third kappa shape index (κ3) is 4.16. The SMILES string of the molecule is CO/C=C(\Oc1cc(C)cc(-n2ccc(C(C)C)n2)c1)C(=O)OC. The fraction of sp³-hybridized carbons (Fsp3) is 0.333. The van der Waals surface area contributed by atoms with Crippen LogP contribution >= 0.6 is 0 Å². The molecule has 0 spiro atoms. The summed E-state index contributed by atoms with van der Waals surface area (Å²) >= 11 is 0. The first-order valence-electron chi connectivity index (χ1n) is 7.61. The van der Waals surface area contributed by atoms with E-state index in [0.717, 1.165) is 16.9 Å². The normalized spacial score (nSPS) is 11.5. The Kier molecular flexibility index (Phi) is 5.63. The lowest BCUT2D eigenvalue weighted by molar-refractivity contribution is -0.138. The Morgan fingerprint density at radius 2 is 2.00 bits per heavy atom. The topological polar surface area (TPSA) is 62.6 Å². The number of esters is 1. The molecule has 0 unspecified atom stereocenters. The number of aryl methyl sites for hydroxylation is 1. The first-order chi connectivity index (χ1) is 11.4. The van der Waals surface area contributed by atoms with Crippen LogP contribution in [0.1, 0.15) is 31.0 Å². The first kappa shape index (κ1) is 17.6.